The lowest BCUT2D eigenvalue weighted by molar-refractivity contribution is 0.342. The number of nitrogens with zero attached hydrogens (tertiary/aromatic N) is 1. The highest BCUT2D eigenvalue weighted by molar-refractivity contribution is 5.74. The van der Waals surface area contributed by atoms with Gasteiger partial charge in [0.25, 0.3) is 0 Å². The number of hydrogen-bond donors (Lipinski definition) is 1. The Hall–Kier alpha value is -3.40. The van der Waals surface area contributed by atoms with E-state index < -0.39 is 6.17 Å². The number of halogens is 2. The molecule has 1 aliphatic heterocycles. The first-order valence-electron chi connectivity index (χ1n) is 12.2. The largest absolute Gasteiger partial charge is 0.378 e. The average molecular weight is 455 g/mol. The molecule has 0 saturated carbocycles. The van der Waals surface area contributed by atoms with Gasteiger partial charge in [0.1, 0.15) is 12.0 Å². The van der Waals surface area contributed by atoms with E-state index in [1.165, 1.54) is 34.2 Å². The normalized spacial score (nSPS) is 28.9. The second-order valence-electron chi connectivity index (χ2n) is 9.48. The van der Waals surface area contributed by atoms with Gasteiger partial charge in [-0.15, -0.1) is 0 Å². The van der Waals surface area contributed by atoms with Crippen molar-refractivity contribution in [2.45, 2.75) is 49.9 Å². The molecule has 1 aromatic rings. The van der Waals surface area contributed by atoms with Crippen LogP contribution in [0.25, 0.3) is 5.57 Å². The summed E-state index contributed by atoms with van der Waals surface area (Å²) in [6.07, 6.45) is 25.6. The van der Waals surface area contributed by atoms with E-state index in [1.807, 2.05) is 18.2 Å². The van der Waals surface area contributed by atoms with Crippen LogP contribution >= 0.6 is 0 Å². The molecule has 4 atom stereocenters. The molecule has 0 aromatic heterocycles. The third-order valence-electron chi connectivity index (χ3n) is 7.35. The van der Waals surface area contributed by atoms with E-state index in [0.717, 1.165) is 18.5 Å². The lowest BCUT2D eigenvalue weighted by atomic mass is 9.88. The Kier molecular flexibility index (Phi) is 5.44. The van der Waals surface area contributed by atoms with Crippen LogP contribution in [0.1, 0.15) is 42.7 Å². The Labute approximate surface area is 199 Å². The number of anilines is 1. The number of fused-ring (bicyclic) bond motifs is 3. The second-order valence-corrected chi connectivity index (χ2v) is 9.48. The van der Waals surface area contributed by atoms with Crippen LogP contribution in [0.4, 0.5) is 14.5 Å². The summed E-state index contributed by atoms with van der Waals surface area (Å²) in [5, 5.41) is 3.61. The molecule has 4 unspecified atom stereocenters. The quantitative estimate of drug-likeness (QED) is 0.509. The van der Waals surface area contributed by atoms with Gasteiger partial charge in [0.2, 0.25) is 0 Å². The Morgan fingerprint density at radius 3 is 2.59 bits per heavy atom. The minimum Gasteiger partial charge on any atom is -0.378 e. The van der Waals surface area contributed by atoms with E-state index in [4.69, 9.17) is 0 Å². The van der Waals surface area contributed by atoms with Gasteiger partial charge in [-0.1, -0.05) is 48.6 Å². The fraction of sp³-hybridized carbons (Fsp3) is 0.267. The third kappa shape index (κ3) is 3.91. The fourth-order valence-corrected chi connectivity index (χ4v) is 5.57. The number of alkyl halides is 1. The minimum absolute atomic E-state index is 0.0295. The highest BCUT2D eigenvalue weighted by atomic mass is 19.1. The number of allylic oxidation sites excluding steroid dienone is 11. The molecule has 0 bridgehead atoms. The van der Waals surface area contributed by atoms with Crippen LogP contribution < -0.4 is 5.32 Å². The zero-order valence-electron chi connectivity index (χ0n) is 19.0. The van der Waals surface area contributed by atoms with Crippen molar-refractivity contribution in [3.05, 3.63) is 119 Å². The summed E-state index contributed by atoms with van der Waals surface area (Å²) in [7, 11) is 0. The molecule has 0 amide bonds. The molecule has 0 spiro atoms. The van der Waals surface area contributed by atoms with Gasteiger partial charge in [0, 0.05) is 29.4 Å². The van der Waals surface area contributed by atoms with Crippen molar-refractivity contribution >= 4 is 11.3 Å². The standard InChI is InChI=1S/C30H28F2N2/c31-22-8-14-25(15-9-22)34(26-16-10-23(32)11-17-26)24-12-5-20(6-13-24)21-7-18-30-28(19-21)27-3-1-2-4-29(27)33-30/h1-5,7-10,12,14,16-19,23,25,27,29,33H,6,11,13,15H2. The molecule has 6 rings (SSSR count). The van der Waals surface area contributed by atoms with E-state index in [9.17, 15) is 8.78 Å². The van der Waals surface area contributed by atoms with Crippen LogP contribution in [0.3, 0.4) is 0 Å². The first kappa shape index (κ1) is 21.2. The molecular formula is C30H28F2N2. The summed E-state index contributed by atoms with van der Waals surface area (Å²) in [5.74, 6) is 0.200. The highest BCUT2D eigenvalue weighted by Crippen LogP contribution is 2.42. The van der Waals surface area contributed by atoms with Gasteiger partial charge in [0.15, 0.2) is 0 Å². The number of benzene rings is 1. The van der Waals surface area contributed by atoms with Crippen LogP contribution in [-0.2, 0) is 0 Å². The van der Waals surface area contributed by atoms with Crippen LogP contribution in [0.15, 0.2) is 108 Å². The number of hydrogen-bond acceptors (Lipinski definition) is 2. The predicted octanol–water partition coefficient (Wildman–Crippen LogP) is 7.42. The lowest BCUT2D eigenvalue weighted by Crippen LogP contribution is -2.34. The van der Waals surface area contributed by atoms with Gasteiger partial charge < -0.3 is 10.2 Å². The van der Waals surface area contributed by atoms with Crippen molar-refractivity contribution in [1.82, 2.24) is 4.90 Å². The van der Waals surface area contributed by atoms with Gasteiger partial charge in [0.05, 0.1) is 12.1 Å². The summed E-state index contributed by atoms with van der Waals surface area (Å²) in [4.78, 5) is 2.26. The van der Waals surface area contributed by atoms with E-state index in [-0.39, 0.29) is 11.9 Å². The number of nitrogens with one attached hydrogen (secondary N) is 1. The van der Waals surface area contributed by atoms with Gasteiger partial charge in [-0.2, -0.15) is 0 Å². The number of rotatable bonds is 4. The molecule has 1 heterocycles. The van der Waals surface area contributed by atoms with Gasteiger partial charge >= 0.3 is 0 Å². The molecule has 4 aliphatic carbocycles. The average Bonchev–Trinajstić information content (AvgIpc) is 3.25. The van der Waals surface area contributed by atoms with E-state index in [2.05, 4.69) is 64.9 Å². The molecule has 1 aromatic carbocycles. The maximum atomic E-state index is 13.7. The monoisotopic (exact) mass is 454 g/mol. The maximum absolute atomic E-state index is 13.7. The predicted molar refractivity (Wildman–Crippen MR) is 135 cm³/mol. The lowest BCUT2D eigenvalue weighted by Gasteiger charge is -2.37. The molecule has 0 saturated heterocycles. The highest BCUT2D eigenvalue weighted by Gasteiger charge is 2.30. The molecule has 0 fully saturated rings. The zero-order valence-corrected chi connectivity index (χ0v) is 19.0. The van der Waals surface area contributed by atoms with E-state index >= 15 is 0 Å². The molecule has 0 radical (unpaired) electrons. The summed E-state index contributed by atoms with van der Waals surface area (Å²) in [6.45, 7) is 0. The summed E-state index contributed by atoms with van der Waals surface area (Å²) >= 11 is 0. The van der Waals surface area contributed by atoms with Crippen molar-refractivity contribution in [3.8, 4) is 0 Å². The van der Waals surface area contributed by atoms with Crippen molar-refractivity contribution < 1.29 is 8.78 Å². The SMILES string of the molecule is FC1=CCC(N(C2=CCC(F)C=C2)C2=CC=C(c3ccc4c(c3)C3C=CC=CC3N4)CC2)C=C1. The molecule has 1 N–H and O–H groups in total. The molecule has 172 valence electrons. The molecule has 34 heavy (non-hydrogen) atoms. The Balaban J connectivity index is 1.29. The first-order valence-corrected chi connectivity index (χ1v) is 12.2. The van der Waals surface area contributed by atoms with E-state index in [1.54, 1.807) is 12.2 Å². The Morgan fingerprint density at radius 2 is 1.82 bits per heavy atom. The van der Waals surface area contributed by atoms with E-state index in [0.29, 0.717) is 24.8 Å². The third-order valence-corrected chi connectivity index (χ3v) is 7.35. The molecular weight excluding hydrogens is 426 g/mol. The summed E-state index contributed by atoms with van der Waals surface area (Å²) < 4.78 is 27.4. The van der Waals surface area contributed by atoms with Crippen LogP contribution in [0.5, 0.6) is 0 Å². The summed E-state index contributed by atoms with van der Waals surface area (Å²) in [6, 6.07) is 7.13. The zero-order chi connectivity index (χ0) is 23.1. The van der Waals surface area contributed by atoms with Crippen molar-refractivity contribution in [2.24, 2.45) is 0 Å². The molecule has 4 heteroatoms. The van der Waals surface area contributed by atoms with Crippen molar-refractivity contribution in [1.29, 1.82) is 0 Å². The Bertz CT molecular complexity index is 1240. The van der Waals surface area contributed by atoms with Gasteiger partial charge in [-0.25, -0.2) is 8.78 Å². The maximum Gasteiger partial charge on any atom is 0.122 e. The first-order chi connectivity index (χ1) is 16.7. The van der Waals surface area contributed by atoms with Crippen molar-refractivity contribution in [3.63, 3.8) is 0 Å². The van der Waals surface area contributed by atoms with Crippen LogP contribution in [0, 0.1) is 0 Å². The van der Waals surface area contributed by atoms with Gasteiger partial charge in [-0.3, -0.25) is 0 Å². The fourth-order valence-electron chi connectivity index (χ4n) is 5.57. The second kappa shape index (κ2) is 8.75. The summed E-state index contributed by atoms with van der Waals surface area (Å²) in [5.41, 5.74) is 7.36. The van der Waals surface area contributed by atoms with Gasteiger partial charge in [-0.05, 0) is 78.5 Å². The molecule has 2 nitrogen and oxygen atoms in total. The van der Waals surface area contributed by atoms with Crippen LogP contribution in [0.2, 0.25) is 0 Å². The van der Waals surface area contributed by atoms with Crippen LogP contribution in [-0.4, -0.2) is 23.2 Å². The molecule has 5 aliphatic rings. The topological polar surface area (TPSA) is 15.3 Å². The Morgan fingerprint density at radius 1 is 0.912 bits per heavy atom. The minimum atomic E-state index is -0.930. The smallest absolute Gasteiger partial charge is 0.122 e. The van der Waals surface area contributed by atoms with Crippen molar-refractivity contribution in [2.75, 3.05) is 5.32 Å².